The van der Waals surface area contributed by atoms with Crippen molar-refractivity contribution in [3.8, 4) is 17.2 Å². The molecule has 6 heteroatoms. The monoisotopic (exact) mass is 277 g/mol. The lowest BCUT2D eigenvalue weighted by molar-refractivity contribution is 0.324. The van der Waals surface area contributed by atoms with Crippen molar-refractivity contribution in [3.05, 3.63) is 38.7 Å². The van der Waals surface area contributed by atoms with Gasteiger partial charge in [0.05, 0.1) is 31.9 Å². The fraction of sp³-hybridized carbons (Fsp3) is 0.214. The van der Waals surface area contributed by atoms with E-state index >= 15 is 0 Å². The van der Waals surface area contributed by atoms with Gasteiger partial charge in [0.15, 0.2) is 11.5 Å². The second-order valence-corrected chi connectivity index (χ2v) is 3.99. The van der Waals surface area contributed by atoms with E-state index in [-0.39, 0.29) is 0 Å². The quantitative estimate of drug-likeness (QED) is 0.866. The van der Waals surface area contributed by atoms with E-state index in [1.54, 1.807) is 18.2 Å². The van der Waals surface area contributed by atoms with Gasteiger partial charge in [0, 0.05) is 0 Å². The minimum atomic E-state index is -0.483. The highest BCUT2D eigenvalue weighted by atomic mass is 16.5. The van der Waals surface area contributed by atoms with E-state index < -0.39 is 5.63 Å². The molecule has 106 valence electrons. The zero-order valence-corrected chi connectivity index (χ0v) is 11.5. The molecule has 0 aliphatic carbocycles. The SMILES string of the molecule is C=c1[nH]oc(=O)c1=Cc1cc(OC)c(OC)c(OC)c1. The molecule has 0 aliphatic rings. The third-order valence-electron chi connectivity index (χ3n) is 2.81. The summed E-state index contributed by atoms with van der Waals surface area (Å²) in [5.41, 5.74) is 0.222. The number of ether oxygens (including phenoxy) is 3. The van der Waals surface area contributed by atoms with Gasteiger partial charge in [-0.1, -0.05) is 6.58 Å². The molecule has 2 aromatic rings. The molecule has 1 N–H and O–H groups in total. The first kappa shape index (κ1) is 13.8. The van der Waals surface area contributed by atoms with Gasteiger partial charge in [-0.25, -0.2) is 9.95 Å². The Kier molecular flexibility index (Phi) is 3.84. The number of methoxy groups -OCH3 is 3. The van der Waals surface area contributed by atoms with Gasteiger partial charge in [-0.2, -0.15) is 0 Å². The van der Waals surface area contributed by atoms with Crippen LogP contribution >= 0.6 is 0 Å². The number of rotatable bonds is 4. The van der Waals surface area contributed by atoms with Crippen molar-refractivity contribution in [3.63, 3.8) is 0 Å². The molecule has 0 radical (unpaired) electrons. The molecule has 0 saturated carbocycles. The summed E-state index contributed by atoms with van der Waals surface area (Å²) in [5.74, 6) is 1.50. The molecule has 0 amide bonds. The zero-order chi connectivity index (χ0) is 14.7. The molecule has 1 aromatic carbocycles. The summed E-state index contributed by atoms with van der Waals surface area (Å²) < 4.78 is 20.4. The molecule has 0 atom stereocenters. The third kappa shape index (κ3) is 2.40. The summed E-state index contributed by atoms with van der Waals surface area (Å²) in [7, 11) is 4.58. The zero-order valence-electron chi connectivity index (χ0n) is 11.5. The lowest BCUT2D eigenvalue weighted by Crippen LogP contribution is -2.31. The highest BCUT2D eigenvalue weighted by Crippen LogP contribution is 2.38. The minimum absolute atomic E-state index is 0.347. The first-order chi connectivity index (χ1) is 9.60. The van der Waals surface area contributed by atoms with Crippen molar-refractivity contribution in [1.82, 2.24) is 5.16 Å². The average molecular weight is 277 g/mol. The van der Waals surface area contributed by atoms with E-state index in [9.17, 15) is 4.79 Å². The molecular weight excluding hydrogens is 262 g/mol. The van der Waals surface area contributed by atoms with Crippen LogP contribution in [-0.2, 0) is 0 Å². The molecule has 0 fully saturated rings. The molecule has 1 heterocycles. The Labute approximate surface area is 114 Å². The Morgan fingerprint density at radius 1 is 1.15 bits per heavy atom. The van der Waals surface area contributed by atoms with Crippen molar-refractivity contribution >= 4 is 12.7 Å². The Morgan fingerprint density at radius 3 is 2.15 bits per heavy atom. The topological polar surface area (TPSA) is 73.7 Å². The van der Waals surface area contributed by atoms with Crippen molar-refractivity contribution in [1.29, 1.82) is 0 Å². The van der Waals surface area contributed by atoms with Gasteiger partial charge in [-0.15, -0.1) is 0 Å². The van der Waals surface area contributed by atoms with Gasteiger partial charge >= 0.3 is 5.63 Å². The van der Waals surface area contributed by atoms with Crippen LogP contribution in [-0.4, -0.2) is 26.5 Å². The van der Waals surface area contributed by atoms with E-state index in [4.69, 9.17) is 14.2 Å². The molecule has 0 saturated heterocycles. The largest absolute Gasteiger partial charge is 0.493 e. The molecular formula is C14H15NO5. The van der Waals surface area contributed by atoms with E-state index in [0.717, 1.165) is 0 Å². The van der Waals surface area contributed by atoms with Crippen LogP contribution in [0.15, 0.2) is 21.5 Å². The summed E-state index contributed by atoms with van der Waals surface area (Å²) in [6.07, 6.45) is 1.63. The summed E-state index contributed by atoms with van der Waals surface area (Å²) in [4.78, 5) is 11.5. The molecule has 20 heavy (non-hydrogen) atoms. The normalized spacial score (nSPS) is 11.4. The maximum absolute atomic E-state index is 11.5. The van der Waals surface area contributed by atoms with Crippen molar-refractivity contribution in [2.75, 3.05) is 21.3 Å². The van der Waals surface area contributed by atoms with Gasteiger partial charge in [-0.05, 0) is 23.8 Å². The van der Waals surface area contributed by atoms with Crippen LogP contribution in [0.1, 0.15) is 5.56 Å². The fourth-order valence-corrected chi connectivity index (χ4v) is 1.84. The van der Waals surface area contributed by atoms with Crippen LogP contribution < -0.4 is 30.4 Å². The molecule has 6 nitrogen and oxygen atoms in total. The Bertz CT molecular complexity index is 716. The van der Waals surface area contributed by atoms with E-state index in [1.807, 2.05) is 0 Å². The highest BCUT2D eigenvalue weighted by Gasteiger charge is 2.12. The Morgan fingerprint density at radius 2 is 1.75 bits per heavy atom. The first-order valence-corrected chi connectivity index (χ1v) is 5.79. The number of hydrogen-bond donors (Lipinski definition) is 1. The maximum atomic E-state index is 11.5. The van der Waals surface area contributed by atoms with Gasteiger partial charge < -0.3 is 18.7 Å². The molecule has 0 spiro atoms. The van der Waals surface area contributed by atoms with Crippen molar-refractivity contribution < 1.29 is 18.7 Å². The number of aromatic amines is 1. The summed E-state index contributed by atoms with van der Waals surface area (Å²) in [6.45, 7) is 3.69. The van der Waals surface area contributed by atoms with Gasteiger partial charge in [0.1, 0.15) is 0 Å². The maximum Gasteiger partial charge on any atom is 0.365 e. The molecule has 0 aliphatic heterocycles. The Hall–Kier alpha value is -2.63. The van der Waals surface area contributed by atoms with Crippen LogP contribution in [0.4, 0.5) is 0 Å². The number of aromatic nitrogens is 1. The summed E-state index contributed by atoms with van der Waals surface area (Å²) in [5, 5.41) is 3.17. The minimum Gasteiger partial charge on any atom is -0.493 e. The molecule has 0 bridgehead atoms. The number of hydrogen-bond acceptors (Lipinski definition) is 5. The van der Waals surface area contributed by atoms with E-state index in [0.29, 0.717) is 33.4 Å². The highest BCUT2D eigenvalue weighted by molar-refractivity contribution is 5.61. The fourth-order valence-electron chi connectivity index (χ4n) is 1.84. The molecule has 0 unspecified atom stereocenters. The third-order valence-corrected chi connectivity index (χ3v) is 2.81. The Balaban J connectivity index is 2.68. The van der Waals surface area contributed by atoms with Crippen molar-refractivity contribution in [2.45, 2.75) is 0 Å². The standard InChI is InChI=1S/C14H15NO5/c1-8-10(14(16)20-15-8)5-9-6-11(17-2)13(19-4)12(7-9)18-3/h5-7,15H,1H2,2-4H3. The van der Waals surface area contributed by atoms with Crippen LogP contribution in [0.3, 0.4) is 0 Å². The molecule has 1 aromatic heterocycles. The van der Waals surface area contributed by atoms with E-state index in [1.165, 1.54) is 21.3 Å². The second kappa shape index (κ2) is 5.56. The lowest BCUT2D eigenvalue weighted by atomic mass is 10.1. The number of nitrogens with one attached hydrogen (secondary N) is 1. The van der Waals surface area contributed by atoms with Crippen LogP contribution in [0.2, 0.25) is 0 Å². The number of H-pyrrole nitrogens is 1. The van der Waals surface area contributed by atoms with Gasteiger partial charge in [-0.3, -0.25) is 0 Å². The average Bonchev–Trinajstić information content (AvgIpc) is 2.77. The van der Waals surface area contributed by atoms with Crippen LogP contribution in [0.25, 0.3) is 12.7 Å². The predicted molar refractivity (Wildman–Crippen MR) is 73.8 cm³/mol. The van der Waals surface area contributed by atoms with Gasteiger partial charge in [0.25, 0.3) is 0 Å². The lowest BCUT2D eigenvalue weighted by Gasteiger charge is -2.12. The van der Waals surface area contributed by atoms with Crippen molar-refractivity contribution in [2.24, 2.45) is 0 Å². The first-order valence-electron chi connectivity index (χ1n) is 5.79. The summed E-state index contributed by atoms with van der Waals surface area (Å²) in [6, 6.07) is 3.46. The molecule has 2 rings (SSSR count). The summed E-state index contributed by atoms with van der Waals surface area (Å²) >= 11 is 0. The van der Waals surface area contributed by atoms with Gasteiger partial charge in [0.2, 0.25) is 5.75 Å². The smallest absolute Gasteiger partial charge is 0.365 e. The van der Waals surface area contributed by atoms with Crippen LogP contribution in [0.5, 0.6) is 17.2 Å². The van der Waals surface area contributed by atoms with E-state index in [2.05, 4.69) is 16.3 Å². The number of benzene rings is 1. The second-order valence-electron chi connectivity index (χ2n) is 3.99. The predicted octanol–water partition coefficient (Wildman–Crippen LogP) is 0.233. The van der Waals surface area contributed by atoms with Crippen LogP contribution in [0, 0.1) is 0 Å².